The zero-order chi connectivity index (χ0) is 15.8. The molecule has 0 saturated heterocycles. The van der Waals surface area contributed by atoms with Gasteiger partial charge < -0.3 is 9.15 Å². The molecule has 3 aromatic heterocycles. The second-order valence-electron chi connectivity index (χ2n) is 5.38. The van der Waals surface area contributed by atoms with Gasteiger partial charge in [-0.1, -0.05) is 6.07 Å². The predicted molar refractivity (Wildman–Crippen MR) is 87.8 cm³/mol. The first-order valence-corrected chi connectivity index (χ1v) is 9.10. The zero-order valence-electron chi connectivity index (χ0n) is 12.4. The molecule has 0 bridgehead atoms. The van der Waals surface area contributed by atoms with Gasteiger partial charge in [-0.15, -0.1) is 32.9 Å². The van der Waals surface area contributed by atoms with Crippen molar-refractivity contribution < 1.29 is 13.9 Å². The molecule has 0 N–H and O–H groups in total. The average Bonchev–Trinajstić information content (AvgIpc) is 3.28. The molecule has 3 aromatic rings. The molecule has 1 aliphatic rings. The Morgan fingerprint density at radius 3 is 3.09 bits per heavy atom. The maximum atomic E-state index is 12.3. The Hall–Kier alpha value is -1.99. The lowest BCUT2D eigenvalue weighted by molar-refractivity contribution is 0.0285. The normalized spacial score (nSPS) is 14.7. The number of hydrogen-bond acceptors (Lipinski definition) is 7. The number of thiophene rings is 2. The second kappa shape index (κ2) is 5.90. The number of carbonyl (C=O) groups is 1. The van der Waals surface area contributed by atoms with Gasteiger partial charge in [0.1, 0.15) is 4.88 Å². The van der Waals surface area contributed by atoms with Crippen LogP contribution in [0, 0.1) is 0 Å². The van der Waals surface area contributed by atoms with E-state index in [4.69, 9.17) is 9.15 Å². The van der Waals surface area contributed by atoms with E-state index in [1.807, 2.05) is 23.6 Å². The zero-order valence-corrected chi connectivity index (χ0v) is 14.1. The molecular formula is C16H14N2O3S2. The van der Waals surface area contributed by atoms with Crippen LogP contribution >= 0.6 is 22.7 Å². The summed E-state index contributed by atoms with van der Waals surface area (Å²) >= 11 is 3.05. The molecule has 0 unspecified atom stereocenters. The van der Waals surface area contributed by atoms with Crippen molar-refractivity contribution in [1.82, 2.24) is 10.2 Å². The largest absolute Gasteiger partial charge is 0.448 e. The second-order valence-corrected chi connectivity index (χ2v) is 7.47. The van der Waals surface area contributed by atoms with E-state index in [2.05, 4.69) is 10.2 Å². The quantitative estimate of drug-likeness (QED) is 0.660. The molecule has 0 spiro atoms. The van der Waals surface area contributed by atoms with Crippen molar-refractivity contribution in [3.63, 3.8) is 0 Å². The number of carbonyl (C=O) groups excluding carboxylic acids is 1. The SMILES string of the molecule is C[C@@H](OC(=O)c1cc2c(s1)CCC2)c1nnc(-c2cccs2)o1. The van der Waals surface area contributed by atoms with Crippen molar-refractivity contribution in [1.29, 1.82) is 0 Å². The highest BCUT2D eigenvalue weighted by atomic mass is 32.1. The minimum atomic E-state index is -0.569. The molecule has 1 aliphatic carbocycles. The summed E-state index contributed by atoms with van der Waals surface area (Å²) < 4.78 is 11.1. The fraction of sp³-hybridized carbons (Fsp3) is 0.312. The van der Waals surface area contributed by atoms with Gasteiger partial charge in [-0.05, 0) is 49.3 Å². The van der Waals surface area contributed by atoms with Crippen molar-refractivity contribution >= 4 is 28.6 Å². The van der Waals surface area contributed by atoms with E-state index < -0.39 is 6.10 Å². The topological polar surface area (TPSA) is 65.2 Å². The van der Waals surface area contributed by atoms with Crippen LogP contribution in [0.4, 0.5) is 0 Å². The summed E-state index contributed by atoms with van der Waals surface area (Å²) in [6.45, 7) is 1.74. The highest BCUT2D eigenvalue weighted by Gasteiger charge is 2.23. The highest BCUT2D eigenvalue weighted by molar-refractivity contribution is 7.14. The molecule has 0 aliphatic heterocycles. The molecule has 0 radical (unpaired) electrons. The molecule has 3 heterocycles. The van der Waals surface area contributed by atoms with Gasteiger partial charge in [0, 0.05) is 4.88 Å². The van der Waals surface area contributed by atoms with Crippen LogP contribution in [0.25, 0.3) is 10.8 Å². The fourth-order valence-electron chi connectivity index (χ4n) is 2.60. The minimum absolute atomic E-state index is 0.311. The molecule has 0 saturated carbocycles. The van der Waals surface area contributed by atoms with Crippen LogP contribution in [0.2, 0.25) is 0 Å². The average molecular weight is 346 g/mol. The van der Waals surface area contributed by atoms with E-state index in [-0.39, 0.29) is 5.97 Å². The van der Waals surface area contributed by atoms with Crippen molar-refractivity contribution in [2.75, 3.05) is 0 Å². The lowest BCUT2D eigenvalue weighted by Crippen LogP contribution is -2.08. The minimum Gasteiger partial charge on any atom is -0.448 e. The first kappa shape index (κ1) is 14.6. The lowest BCUT2D eigenvalue weighted by Gasteiger charge is -2.07. The highest BCUT2D eigenvalue weighted by Crippen LogP contribution is 2.32. The molecule has 0 aromatic carbocycles. The number of aromatic nitrogens is 2. The Morgan fingerprint density at radius 2 is 2.30 bits per heavy atom. The van der Waals surface area contributed by atoms with E-state index >= 15 is 0 Å². The van der Waals surface area contributed by atoms with E-state index in [0.717, 1.165) is 17.7 Å². The molecule has 0 amide bonds. The molecule has 1 atom stereocenters. The molecule has 118 valence electrons. The number of aryl methyl sites for hydroxylation is 2. The smallest absolute Gasteiger partial charge is 0.349 e. The van der Waals surface area contributed by atoms with Crippen molar-refractivity contribution in [3.05, 3.63) is 44.8 Å². The Kier molecular flexibility index (Phi) is 3.74. The standard InChI is InChI=1S/C16H14N2O3S2/c1-9(14-17-18-15(21-14)12-6-3-7-22-12)20-16(19)13-8-10-4-2-5-11(10)23-13/h3,6-9H,2,4-5H2,1H3/t9-/m1/s1. The van der Waals surface area contributed by atoms with Crippen molar-refractivity contribution in [2.45, 2.75) is 32.3 Å². The number of ether oxygens (including phenoxy) is 1. The Labute approximate surface area is 140 Å². The van der Waals surface area contributed by atoms with E-state index in [1.165, 1.54) is 39.5 Å². The maximum absolute atomic E-state index is 12.3. The summed E-state index contributed by atoms with van der Waals surface area (Å²) in [6, 6.07) is 5.78. The first-order chi connectivity index (χ1) is 11.2. The molecule has 4 rings (SSSR count). The lowest BCUT2D eigenvalue weighted by atomic mass is 10.2. The van der Waals surface area contributed by atoms with Crippen LogP contribution in [0.1, 0.15) is 45.5 Å². The third-order valence-corrected chi connectivity index (χ3v) is 5.83. The molecular weight excluding hydrogens is 332 g/mol. The third kappa shape index (κ3) is 2.82. The molecule has 5 nitrogen and oxygen atoms in total. The van der Waals surface area contributed by atoms with Crippen molar-refractivity contribution in [2.24, 2.45) is 0 Å². The third-order valence-electron chi connectivity index (χ3n) is 3.75. The number of esters is 1. The van der Waals surface area contributed by atoms with Gasteiger partial charge in [0.15, 0.2) is 6.10 Å². The summed E-state index contributed by atoms with van der Waals surface area (Å²) in [5.41, 5.74) is 1.28. The van der Waals surface area contributed by atoms with Crippen LogP contribution in [-0.4, -0.2) is 16.2 Å². The number of hydrogen-bond donors (Lipinski definition) is 0. The van der Waals surface area contributed by atoms with E-state index in [0.29, 0.717) is 16.7 Å². The van der Waals surface area contributed by atoms with Gasteiger partial charge >= 0.3 is 5.97 Å². The van der Waals surface area contributed by atoms with Crippen LogP contribution in [-0.2, 0) is 17.6 Å². The maximum Gasteiger partial charge on any atom is 0.349 e. The first-order valence-electron chi connectivity index (χ1n) is 7.40. The van der Waals surface area contributed by atoms with Crippen molar-refractivity contribution in [3.8, 4) is 10.8 Å². The Balaban J connectivity index is 1.46. The Morgan fingerprint density at radius 1 is 1.39 bits per heavy atom. The number of rotatable bonds is 4. The van der Waals surface area contributed by atoms with Crippen LogP contribution in [0.3, 0.4) is 0 Å². The van der Waals surface area contributed by atoms with Gasteiger partial charge in [-0.3, -0.25) is 0 Å². The van der Waals surface area contributed by atoms with Gasteiger partial charge in [-0.25, -0.2) is 4.79 Å². The van der Waals surface area contributed by atoms with E-state index in [9.17, 15) is 4.79 Å². The van der Waals surface area contributed by atoms with Crippen LogP contribution < -0.4 is 0 Å². The molecule has 7 heteroatoms. The summed E-state index contributed by atoms with van der Waals surface area (Å²) in [5.74, 6) is 0.437. The molecule has 0 fully saturated rings. The van der Waals surface area contributed by atoms with Crippen LogP contribution in [0.5, 0.6) is 0 Å². The molecule has 23 heavy (non-hydrogen) atoms. The summed E-state index contributed by atoms with van der Waals surface area (Å²) in [7, 11) is 0. The van der Waals surface area contributed by atoms with Gasteiger partial charge in [0.25, 0.3) is 11.8 Å². The van der Waals surface area contributed by atoms with Gasteiger partial charge in [0.2, 0.25) is 0 Å². The van der Waals surface area contributed by atoms with Gasteiger partial charge in [-0.2, -0.15) is 0 Å². The summed E-state index contributed by atoms with van der Waals surface area (Å²) in [4.78, 5) is 15.1. The number of fused-ring (bicyclic) bond motifs is 1. The fourth-order valence-corrected chi connectivity index (χ4v) is 4.38. The summed E-state index contributed by atoms with van der Waals surface area (Å²) in [5, 5.41) is 9.93. The van der Waals surface area contributed by atoms with E-state index in [1.54, 1.807) is 6.92 Å². The van der Waals surface area contributed by atoms with Gasteiger partial charge in [0.05, 0.1) is 4.88 Å². The van der Waals surface area contributed by atoms with Crippen LogP contribution in [0.15, 0.2) is 28.0 Å². The Bertz CT molecular complexity index is 814. The predicted octanol–water partition coefficient (Wildman–Crippen LogP) is 4.27. The number of nitrogens with zero attached hydrogens (tertiary/aromatic N) is 2. The monoisotopic (exact) mass is 346 g/mol. The summed E-state index contributed by atoms with van der Waals surface area (Å²) in [6.07, 6.45) is 2.74.